The Morgan fingerprint density at radius 1 is 0.652 bits per heavy atom. The van der Waals surface area contributed by atoms with E-state index in [1.807, 2.05) is 0 Å². The van der Waals surface area contributed by atoms with Gasteiger partial charge in [0.15, 0.2) is 0 Å². The van der Waals surface area contributed by atoms with Crippen LogP contribution < -0.4 is 0 Å². The minimum atomic E-state index is -0.182. The predicted molar refractivity (Wildman–Crippen MR) is 85.1 cm³/mol. The third kappa shape index (κ3) is 0.765. The minimum absolute atomic E-state index is 0.182. The van der Waals surface area contributed by atoms with Crippen LogP contribution in [0.4, 0.5) is 0 Å². The van der Waals surface area contributed by atoms with Gasteiger partial charge in [-0.25, -0.2) is 0 Å². The van der Waals surface area contributed by atoms with E-state index < -0.39 is 0 Å². The normalized spacial score (nSPS) is 85.2. The molecule has 13 saturated carbocycles. The van der Waals surface area contributed by atoms with Crippen molar-refractivity contribution < 1.29 is 5.11 Å². The molecule has 0 aromatic rings. The van der Waals surface area contributed by atoms with Gasteiger partial charge in [0.25, 0.3) is 0 Å². The first kappa shape index (κ1) is 11.6. The SMILES string of the molecule is OC12C3C[C@@H]4C[C@H]5C6C7C8C[C@H]9C[C@H](C1[C@@]7(C9)C[C@@H]35)[C@@H]8C[C@@]62C4. The Balaban J connectivity index is 1.45. The van der Waals surface area contributed by atoms with Crippen molar-refractivity contribution in [3.05, 3.63) is 0 Å². The quantitative estimate of drug-likeness (QED) is 0.723. The van der Waals surface area contributed by atoms with Crippen molar-refractivity contribution in [1.29, 1.82) is 0 Å². The Kier molecular flexibility index (Phi) is 1.39. The number of rotatable bonds is 0. The lowest BCUT2D eigenvalue weighted by molar-refractivity contribution is -0.478. The van der Waals surface area contributed by atoms with E-state index in [0.717, 1.165) is 65.1 Å². The third-order valence-electron chi connectivity index (χ3n) is 12.6. The molecule has 0 saturated heterocycles. The predicted octanol–water partition coefficient (Wildman–Crippen LogP) is 3.71. The molecule has 1 N–H and O–H groups in total. The summed E-state index contributed by atoms with van der Waals surface area (Å²) < 4.78 is 0. The molecule has 1 nitrogen and oxygen atoms in total. The molecular weight excluding hydrogens is 280 g/mol. The van der Waals surface area contributed by atoms with Crippen molar-refractivity contribution in [2.75, 3.05) is 0 Å². The number of aliphatic hydroxyl groups is 1. The number of hydrogen-bond acceptors (Lipinski definition) is 1. The Morgan fingerprint density at radius 3 is 2.35 bits per heavy atom. The van der Waals surface area contributed by atoms with Gasteiger partial charge in [-0.1, -0.05) is 0 Å². The van der Waals surface area contributed by atoms with E-state index >= 15 is 0 Å². The smallest absolute Gasteiger partial charge is 0.0773 e. The zero-order valence-electron chi connectivity index (χ0n) is 14.0. The molecule has 13 fully saturated rings. The summed E-state index contributed by atoms with van der Waals surface area (Å²) in [5.74, 6) is 10.8. The minimum Gasteiger partial charge on any atom is -0.389 e. The Hall–Kier alpha value is -0.0400. The summed E-state index contributed by atoms with van der Waals surface area (Å²) in [5, 5.41) is 12.5. The van der Waals surface area contributed by atoms with Crippen molar-refractivity contribution >= 4 is 0 Å². The van der Waals surface area contributed by atoms with Crippen LogP contribution in [0.3, 0.4) is 0 Å². The average Bonchev–Trinajstić information content (AvgIpc) is 2.53. The fourth-order valence-corrected chi connectivity index (χ4v) is 13.5. The molecule has 0 radical (unpaired) electrons. The monoisotopic (exact) mass is 308 g/mol. The fourth-order valence-electron chi connectivity index (χ4n) is 13.5. The van der Waals surface area contributed by atoms with Crippen LogP contribution in [-0.4, -0.2) is 10.7 Å². The highest BCUT2D eigenvalue weighted by molar-refractivity contribution is 5.39. The highest BCUT2D eigenvalue weighted by Crippen LogP contribution is 2.93. The van der Waals surface area contributed by atoms with Gasteiger partial charge in [-0.2, -0.15) is 0 Å². The molecule has 6 unspecified atom stereocenters. The van der Waals surface area contributed by atoms with Crippen LogP contribution in [0.2, 0.25) is 0 Å². The standard InChI is InChI=1S/C22H28O/c23-22-16-4-10-2-12-15(16)7-20-5-9-1-11-14(13(3-9)19(20)22)8-21(22,6-10)18(12)17(11)20/h9-19,23H,1-8H2/t9-,10-,11?,12+,13-,14+,15+,16?,17?,18?,19?,20-,21-,22?/m0/s1. The molecule has 0 aromatic heterocycles. The first-order valence-electron chi connectivity index (χ1n) is 10.9. The van der Waals surface area contributed by atoms with Gasteiger partial charge in [-0.05, 0) is 122 Å². The van der Waals surface area contributed by atoms with Crippen molar-refractivity contribution in [2.45, 2.75) is 57.0 Å². The first-order valence-corrected chi connectivity index (χ1v) is 10.9. The van der Waals surface area contributed by atoms with E-state index in [4.69, 9.17) is 0 Å². The maximum atomic E-state index is 12.5. The molecule has 0 heterocycles. The fraction of sp³-hybridized carbons (Fsp3) is 1.00. The van der Waals surface area contributed by atoms with Crippen LogP contribution in [0.1, 0.15) is 51.4 Å². The highest BCUT2D eigenvalue weighted by Gasteiger charge is 2.91. The Bertz CT molecular complexity index is 700. The molecule has 13 rings (SSSR count). The van der Waals surface area contributed by atoms with Gasteiger partial charge in [0.2, 0.25) is 0 Å². The van der Waals surface area contributed by atoms with E-state index in [2.05, 4.69) is 0 Å². The summed E-state index contributed by atoms with van der Waals surface area (Å²) >= 11 is 0. The van der Waals surface area contributed by atoms with Gasteiger partial charge in [0, 0.05) is 5.41 Å². The van der Waals surface area contributed by atoms with Crippen LogP contribution in [0.25, 0.3) is 0 Å². The van der Waals surface area contributed by atoms with Gasteiger partial charge in [0.1, 0.15) is 0 Å². The van der Waals surface area contributed by atoms with Gasteiger partial charge in [0.05, 0.1) is 5.60 Å². The van der Waals surface area contributed by atoms with Gasteiger partial charge < -0.3 is 5.11 Å². The molecule has 1 heteroatoms. The lowest BCUT2D eigenvalue weighted by atomic mass is 9.12. The first-order chi connectivity index (χ1) is 11.2. The van der Waals surface area contributed by atoms with Gasteiger partial charge in [-0.3, -0.25) is 0 Å². The molecule has 0 aliphatic heterocycles. The van der Waals surface area contributed by atoms with Crippen LogP contribution in [-0.2, 0) is 0 Å². The van der Waals surface area contributed by atoms with Gasteiger partial charge >= 0.3 is 0 Å². The average molecular weight is 308 g/mol. The molecule has 2 spiro atoms. The van der Waals surface area contributed by atoms with Crippen molar-refractivity contribution in [3.63, 3.8) is 0 Å². The molecule has 14 atom stereocenters. The second-order valence-electron chi connectivity index (χ2n) is 12.2. The maximum Gasteiger partial charge on any atom is 0.0773 e. The third-order valence-corrected chi connectivity index (χ3v) is 12.6. The molecule has 14 bridgehead atoms. The zero-order chi connectivity index (χ0) is 14.5. The van der Waals surface area contributed by atoms with Crippen molar-refractivity contribution in [3.8, 4) is 0 Å². The summed E-state index contributed by atoms with van der Waals surface area (Å²) in [4.78, 5) is 0. The van der Waals surface area contributed by atoms with Crippen LogP contribution >= 0.6 is 0 Å². The van der Waals surface area contributed by atoms with Crippen molar-refractivity contribution in [2.24, 2.45) is 75.9 Å². The van der Waals surface area contributed by atoms with E-state index in [0.29, 0.717) is 10.8 Å². The molecule has 0 aromatic carbocycles. The molecule has 23 heavy (non-hydrogen) atoms. The van der Waals surface area contributed by atoms with Crippen LogP contribution in [0.15, 0.2) is 0 Å². The summed E-state index contributed by atoms with van der Waals surface area (Å²) in [6, 6.07) is 0. The summed E-state index contributed by atoms with van der Waals surface area (Å²) in [5.41, 5.74) is 0.901. The Morgan fingerprint density at radius 2 is 1.43 bits per heavy atom. The summed E-state index contributed by atoms with van der Waals surface area (Å²) in [7, 11) is 0. The second-order valence-corrected chi connectivity index (χ2v) is 12.2. The van der Waals surface area contributed by atoms with Crippen molar-refractivity contribution in [1.82, 2.24) is 0 Å². The molecular formula is C22H28O. The summed E-state index contributed by atoms with van der Waals surface area (Å²) in [6.07, 6.45) is 12.2. The molecule has 13 aliphatic rings. The molecule has 0 amide bonds. The number of hydrogen-bond donors (Lipinski definition) is 1. The van der Waals surface area contributed by atoms with E-state index in [1.54, 1.807) is 25.7 Å². The topological polar surface area (TPSA) is 20.2 Å². The van der Waals surface area contributed by atoms with E-state index in [-0.39, 0.29) is 5.60 Å². The Labute approximate surface area is 138 Å². The van der Waals surface area contributed by atoms with Crippen LogP contribution in [0.5, 0.6) is 0 Å². The van der Waals surface area contributed by atoms with E-state index in [9.17, 15) is 5.11 Å². The lowest BCUT2D eigenvalue weighted by Gasteiger charge is -2.93. The molecule has 13 aliphatic carbocycles. The highest BCUT2D eigenvalue weighted by atomic mass is 16.3. The van der Waals surface area contributed by atoms with Gasteiger partial charge in [-0.15, -0.1) is 0 Å². The lowest BCUT2D eigenvalue weighted by Crippen LogP contribution is -2.92. The van der Waals surface area contributed by atoms with Crippen LogP contribution in [0, 0.1) is 75.9 Å². The maximum absolute atomic E-state index is 12.5. The summed E-state index contributed by atoms with van der Waals surface area (Å²) in [6.45, 7) is 0. The largest absolute Gasteiger partial charge is 0.389 e. The second kappa shape index (κ2) is 2.78. The zero-order valence-corrected chi connectivity index (χ0v) is 14.0. The molecule has 122 valence electrons. The van der Waals surface area contributed by atoms with E-state index in [1.165, 1.54) is 25.7 Å².